The quantitative estimate of drug-likeness (QED) is 0.614. The van der Waals surface area contributed by atoms with Crippen molar-refractivity contribution in [1.29, 1.82) is 0 Å². The zero-order valence-electron chi connectivity index (χ0n) is 19.7. The van der Waals surface area contributed by atoms with Crippen molar-refractivity contribution in [1.82, 2.24) is 24.9 Å². The fourth-order valence-electron chi connectivity index (χ4n) is 3.80. The molecule has 2 N–H and O–H groups in total. The van der Waals surface area contributed by atoms with E-state index in [2.05, 4.69) is 77.6 Å². The van der Waals surface area contributed by atoms with E-state index >= 15 is 0 Å². The number of likely N-dealkylation sites (N-methyl/N-ethyl adjacent to an activating group) is 1. The number of aromatic nitrogens is 2. The van der Waals surface area contributed by atoms with E-state index in [1.54, 1.807) is 16.9 Å². The van der Waals surface area contributed by atoms with Crippen molar-refractivity contribution >= 4 is 17.6 Å². The summed E-state index contributed by atoms with van der Waals surface area (Å²) in [5.74, 6) is -0.0394. The molecule has 0 radical (unpaired) electrons. The average molecular weight is 441 g/mol. The van der Waals surface area contributed by atoms with Gasteiger partial charge in [0.15, 0.2) is 0 Å². The molecule has 0 spiro atoms. The van der Waals surface area contributed by atoms with Crippen LogP contribution in [0.15, 0.2) is 36.5 Å². The molecule has 1 fully saturated rings. The molecule has 0 aliphatic carbocycles. The van der Waals surface area contributed by atoms with Crippen LogP contribution in [0.1, 0.15) is 37.8 Å². The molecule has 0 saturated carbocycles. The van der Waals surface area contributed by atoms with Crippen LogP contribution in [0.5, 0.6) is 0 Å². The number of piperazine rings is 1. The monoisotopic (exact) mass is 440 g/mol. The van der Waals surface area contributed by atoms with Gasteiger partial charge in [0.2, 0.25) is 0 Å². The Balaban J connectivity index is 1.46. The Bertz CT molecular complexity index is 884. The van der Waals surface area contributed by atoms with E-state index < -0.39 is 11.8 Å². The molecule has 0 bridgehead atoms. The Kier molecular flexibility index (Phi) is 8.41. The Morgan fingerprint density at radius 2 is 1.69 bits per heavy atom. The van der Waals surface area contributed by atoms with Crippen molar-refractivity contribution in [3.8, 4) is 0 Å². The Morgan fingerprint density at radius 3 is 2.34 bits per heavy atom. The van der Waals surface area contributed by atoms with Crippen LogP contribution in [0.2, 0.25) is 0 Å². The van der Waals surface area contributed by atoms with Gasteiger partial charge in [-0.25, -0.2) is 4.68 Å². The second kappa shape index (κ2) is 11.2. The molecular formula is C24H36N6O2. The van der Waals surface area contributed by atoms with Crippen LogP contribution in [-0.4, -0.2) is 77.7 Å². The van der Waals surface area contributed by atoms with Gasteiger partial charge in [0.1, 0.15) is 5.82 Å². The summed E-state index contributed by atoms with van der Waals surface area (Å²) in [5, 5.41) is 9.73. The number of nitrogens with zero attached hydrogens (tertiary/aromatic N) is 4. The molecule has 1 unspecified atom stereocenters. The van der Waals surface area contributed by atoms with Crippen LogP contribution < -0.4 is 10.6 Å². The Hall–Kier alpha value is -2.71. The maximum absolute atomic E-state index is 12.4. The lowest BCUT2D eigenvalue weighted by atomic mass is 10.0. The third kappa shape index (κ3) is 6.90. The van der Waals surface area contributed by atoms with Gasteiger partial charge in [-0.1, -0.05) is 45.0 Å². The van der Waals surface area contributed by atoms with E-state index in [1.807, 2.05) is 0 Å². The van der Waals surface area contributed by atoms with Crippen LogP contribution in [0.4, 0.5) is 5.82 Å². The largest absolute Gasteiger partial charge is 0.348 e. The predicted octanol–water partition coefficient (Wildman–Crippen LogP) is 1.99. The molecule has 174 valence electrons. The van der Waals surface area contributed by atoms with Gasteiger partial charge < -0.3 is 20.4 Å². The molecule has 1 atom stereocenters. The van der Waals surface area contributed by atoms with E-state index in [-0.39, 0.29) is 5.92 Å². The van der Waals surface area contributed by atoms with E-state index in [9.17, 15) is 9.59 Å². The first-order valence-electron chi connectivity index (χ1n) is 11.4. The molecule has 2 heterocycles. The second-order valence-corrected chi connectivity index (χ2v) is 9.14. The first-order chi connectivity index (χ1) is 15.3. The molecule has 1 aromatic heterocycles. The third-order valence-electron chi connectivity index (χ3n) is 5.92. The second-order valence-electron chi connectivity index (χ2n) is 9.14. The molecule has 8 nitrogen and oxygen atoms in total. The van der Waals surface area contributed by atoms with Crippen molar-refractivity contribution < 1.29 is 9.59 Å². The maximum atomic E-state index is 12.4. The summed E-state index contributed by atoms with van der Waals surface area (Å²) < 4.78 is 1.69. The minimum absolute atomic E-state index is 0.273. The van der Waals surface area contributed by atoms with Crippen LogP contribution >= 0.6 is 0 Å². The molecule has 2 aromatic rings. The van der Waals surface area contributed by atoms with Crippen LogP contribution in [0.25, 0.3) is 0 Å². The standard InChI is InChI=1S/C24H36N6O2/c1-18(2)21-7-5-20(6-8-21)17-30-22(9-10-26-30)27-24(32)23(31)25-15-19(3)16-29-13-11-28(4)12-14-29/h5-10,18-19H,11-17H2,1-4H3,(H,25,31)(H,27,32). The lowest BCUT2D eigenvalue weighted by Crippen LogP contribution is -2.47. The van der Waals surface area contributed by atoms with E-state index in [4.69, 9.17) is 0 Å². The molecule has 1 aliphatic rings. The zero-order valence-corrected chi connectivity index (χ0v) is 19.7. The number of amides is 2. The van der Waals surface area contributed by atoms with Crippen molar-refractivity contribution in [2.75, 3.05) is 51.6 Å². The molecular weight excluding hydrogens is 404 g/mol. The lowest BCUT2D eigenvalue weighted by molar-refractivity contribution is -0.136. The summed E-state index contributed by atoms with van der Waals surface area (Å²) in [6.07, 6.45) is 1.62. The van der Waals surface area contributed by atoms with Gasteiger partial charge in [0.05, 0.1) is 12.7 Å². The highest BCUT2D eigenvalue weighted by atomic mass is 16.2. The maximum Gasteiger partial charge on any atom is 0.314 e. The third-order valence-corrected chi connectivity index (χ3v) is 5.92. The molecule has 2 amide bonds. The normalized spacial score (nSPS) is 16.2. The summed E-state index contributed by atoms with van der Waals surface area (Å²) in [5.41, 5.74) is 2.36. The summed E-state index contributed by atoms with van der Waals surface area (Å²) >= 11 is 0. The van der Waals surface area contributed by atoms with Crippen LogP contribution in [-0.2, 0) is 16.1 Å². The molecule has 32 heavy (non-hydrogen) atoms. The van der Waals surface area contributed by atoms with Crippen molar-refractivity contribution in [3.05, 3.63) is 47.7 Å². The smallest absolute Gasteiger partial charge is 0.314 e. The predicted molar refractivity (Wildman–Crippen MR) is 127 cm³/mol. The highest BCUT2D eigenvalue weighted by Gasteiger charge is 2.19. The number of hydrogen-bond acceptors (Lipinski definition) is 5. The van der Waals surface area contributed by atoms with Crippen molar-refractivity contribution in [3.63, 3.8) is 0 Å². The van der Waals surface area contributed by atoms with Crippen molar-refractivity contribution in [2.24, 2.45) is 5.92 Å². The van der Waals surface area contributed by atoms with Crippen molar-refractivity contribution in [2.45, 2.75) is 33.2 Å². The van der Waals surface area contributed by atoms with Gasteiger partial charge in [-0.3, -0.25) is 9.59 Å². The lowest BCUT2D eigenvalue weighted by Gasteiger charge is -2.33. The molecule has 1 aliphatic heterocycles. The number of anilines is 1. The number of carbonyl (C=O) groups excluding carboxylic acids is 2. The Morgan fingerprint density at radius 1 is 1.00 bits per heavy atom. The Labute approximate surface area is 191 Å². The summed E-state index contributed by atoms with van der Waals surface area (Å²) in [6.45, 7) is 12.5. The minimum atomic E-state index is -0.672. The first-order valence-corrected chi connectivity index (χ1v) is 11.4. The van der Waals surface area contributed by atoms with Crippen LogP contribution in [0, 0.1) is 5.92 Å². The minimum Gasteiger partial charge on any atom is -0.348 e. The first kappa shape index (κ1) is 23.9. The van der Waals surface area contributed by atoms with Gasteiger partial charge in [0.25, 0.3) is 0 Å². The van der Waals surface area contributed by atoms with Crippen LogP contribution in [0.3, 0.4) is 0 Å². The molecule has 1 aromatic carbocycles. The number of rotatable bonds is 8. The summed E-state index contributed by atoms with van der Waals surface area (Å²) in [4.78, 5) is 29.4. The van der Waals surface area contributed by atoms with Gasteiger partial charge in [0, 0.05) is 45.3 Å². The topological polar surface area (TPSA) is 82.5 Å². The number of benzene rings is 1. The summed E-state index contributed by atoms with van der Waals surface area (Å²) in [6, 6.07) is 10.1. The van der Waals surface area contributed by atoms with E-state index in [0.717, 1.165) is 38.3 Å². The summed E-state index contributed by atoms with van der Waals surface area (Å²) in [7, 11) is 2.13. The molecule has 3 rings (SSSR count). The zero-order chi connectivity index (χ0) is 23.1. The fraction of sp³-hybridized carbons (Fsp3) is 0.542. The van der Waals surface area contributed by atoms with Gasteiger partial charge >= 0.3 is 11.8 Å². The number of hydrogen-bond donors (Lipinski definition) is 2. The van der Waals surface area contributed by atoms with Gasteiger partial charge in [-0.2, -0.15) is 5.10 Å². The number of nitrogens with one attached hydrogen (secondary N) is 2. The highest BCUT2D eigenvalue weighted by molar-refractivity contribution is 6.39. The van der Waals surface area contributed by atoms with Gasteiger partial charge in [-0.15, -0.1) is 0 Å². The number of carbonyl (C=O) groups is 2. The highest BCUT2D eigenvalue weighted by Crippen LogP contribution is 2.16. The SMILES string of the molecule is CC(CNC(=O)C(=O)Nc1ccnn1Cc1ccc(C(C)C)cc1)CN1CCN(C)CC1. The molecule has 1 saturated heterocycles. The molecule has 8 heteroatoms. The van der Waals surface area contributed by atoms with Gasteiger partial charge in [-0.05, 0) is 30.0 Å². The average Bonchev–Trinajstić information content (AvgIpc) is 3.20. The van der Waals surface area contributed by atoms with E-state index in [0.29, 0.717) is 24.8 Å². The van der Waals surface area contributed by atoms with E-state index in [1.165, 1.54) is 5.56 Å². The fourth-order valence-corrected chi connectivity index (χ4v) is 3.80.